The van der Waals surface area contributed by atoms with Crippen molar-refractivity contribution in [2.45, 2.75) is 32.4 Å². The summed E-state index contributed by atoms with van der Waals surface area (Å²) in [5.41, 5.74) is 8.61. The molecule has 0 saturated heterocycles. The Labute approximate surface area is 134 Å². The highest BCUT2D eigenvalue weighted by atomic mass is 35.5. The zero-order valence-corrected chi connectivity index (χ0v) is 13.6. The van der Waals surface area contributed by atoms with Gasteiger partial charge in [0.25, 0.3) is 0 Å². The van der Waals surface area contributed by atoms with Crippen molar-refractivity contribution in [3.05, 3.63) is 57.4 Å². The average molecular weight is 319 g/mol. The number of halogens is 1. The molecule has 4 heteroatoms. The van der Waals surface area contributed by atoms with Gasteiger partial charge in [-0.15, -0.1) is 11.3 Å². The van der Waals surface area contributed by atoms with Crippen LogP contribution < -0.4 is 5.73 Å². The SMILES string of the molecule is CCC(N)Cc1ccc2c(ccn2Cc2ccc(Cl)s2)c1. The second-order valence-electron chi connectivity index (χ2n) is 5.42. The van der Waals surface area contributed by atoms with Gasteiger partial charge in [-0.1, -0.05) is 24.6 Å². The zero-order valence-electron chi connectivity index (χ0n) is 12.1. The van der Waals surface area contributed by atoms with E-state index in [0.29, 0.717) is 0 Å². The minimum Gasteiger partial charge on any atom is -0.342 e. The molecule has 3 aromatic rings. The lowest BCUT2D eigenvalue weighted by Gasteiger charge is -2.09. The van der Waals surface area contributed by atoms with Crippen molar-refractivity contribution in [2.24, 2.45) is 5.73 Å². The predicted octanol–water partition coefficient (Wildman–Crippen LogP) is 4.68. The monoisotopic (exact) mass is 318 g/mol. The number of hydrogen-bond donors (Lipinski definition) is 1. The Balaban J connectivity index is 1.85. The van der Waals surface area contributed by atoms with Crippen LogP contribution in [0.1, 0.15) is 23.8 Å². The molecule has 2 aromatic heterocycles. The standard InChI is InChI=1S/C17H19ClN2S/c1-2-14(19)10-12-3-5-16-13(9-12)7-8-20(16)11-15-4-6-17(18)21-15/h3-9,14H,2,10-11,19H2,1H3. The minimum atomic E-state index is 0.248. The third-order valence-corrected chi connectivity index (χ3v) is 5.03. The summed E-state index contributed by atoms with van der Waals surface area (Å²) >= 11 is 7.64. The predicted molar refractivity (Wildman–Crippen MR) is 92.3 cm³/mol. The number of hydrogen-bond acceptors (Lipinski definition) is 2. The maximum atomic E-state index is 6.04. The molecule has 0 aliphatic heterocycles. The molecule has 0 aliphatic carbocycles. The molecular weight excluding hydrogens is 300 g/mol. The molecule has 3 rings (SSSR count). The van der Waals surface area contributed by atoms with E-state index in [1.807, 2.05) is 6.07 Å². The molecule has 1 atom stereocenters. The molecular formula is C17H19ClN2S. The number of fused-ring (bicyclic) bond motifs is 1. The molecule has 2 nitrogen and oxygen atoms in total. The first-order valence-electron chi connectivity index (χ1n) is 7.23. The summed E-state index contributed by atoms with van der Waals surface area (Å²) < 4.78 is 3.11. The molecule has 110 valence electrons. The normalized spacial score (nSPS) is 12.9. The molecule has 2 heterocycles. The summed E-state index contributed by atoms with van der Waals surface area (Å²) in [6, 6.07) is 13.1. The lowest BCUT2D eigenvalue weighted by Crippen LogP contribution is -2.21. The van der Waals surface area contributed by atoms with Crippen molar-refractivity contribution < 1.29 is 0 Å². The highest BCUT2D eigenvalue weighted by Crippen LogP contribution is 2.25. The van der Waals surface area contributed by atoms with E-state index in [2.05, 4.69) is 48.0 Å². The highest BCUT2D eigenvalue weighted by Gasteiger charge is 2.06. The highest BCUT2D eigenvalue weighted by molar-refractivity contribution is 7.16. The van der Waals surface area contributed by atoms with Crippen LogP contribution in [0.5, 0.6) is 0 Å². The quantitative estimate of drug-likeness (QED) is 0.727. The largest absolute Gasteiger partial charge is 0.342 e. The van der Waals surface area contributed by atoms with Crippen LogP contribution in [0.25, 0.3) is 10.9 Å². The summed E-state index contributed by atoms with van der Waals surface area (Å²) in [6.07, 6.45) is 4.10. The minimum absolute atomic E-state index is 0.248. The summed E-state index contributed by atoms with van der Waals surface area (Å²) in [7, 11) is 0. The number of nitrogens with zero attached hydrogens (tertiary/aromatic N) is 1. The van der Waals surface area contributed by atoms with Crippen LogP contribution in [0.3, 0.4) is 0 Å². The Kier molecular flexibility index (Phi) is 4.34. The smallest absolute Gasteiger partial charge is 0.0931 e. The molecule has 0 aliphatic rings. The van der Waals surface area contributed by atoms with E-state index < -0.39 is 0 Å². The number of rotatable bonds is 5. The van der Waals surface area contributed by atoms with Crippen LogP contribution in [0, 0.1) is 0 Å². The van der Waals surface area contributed by atoms with Crippen molar-refractivity contribution in [2.75, 3.05) is 0 Å². The van der Waals surface area contributed by atoms with Gasteiger partial charge in [0.05, 0.1) is 10.9 Å². The zero-order chi connectivity index (χ0) is 14.8. The van der Waals surface area contributed by atoms with Crippen LogP contribution in [0.2, 0.25) is 4.34 Å². The number of aromatic nitrogens is 1. The van der Waals surface area contributed by atoms with Crippen molar-refractivity contribution in [1.29, 1.82) is 0 Å². The molecule has 0 fully saturated rings. The van der Waals surface area contributed by atoms with Gasteiger partial charge >= 0.3 is 0 Å². The van der Waals surface area contributed by atoms with Crippen LogP contribution in [0.15, 0.2) is 42.6 Å². The van der Waals surface area contributed by atoms with Gasteiger partial charge in [-0.05, 0) is 54.1 Å². The van der Waals surface area contributed by atoms with E-state index in [1.54, 1.807) is 11.3 Å². The van der Waals surface area contributed by atoms with Gasteiger partial charge in [0.15, 0.2) is 0 Å². The third-order valence-electron chi connectivity index (χ3n) is 3.81. The number of thiophene rings is 1. The molecule has 0 spiro atoms. The average Bonchev–Trinajstić information content (AvgIpc) is 3.06. The molecule has 0 bridgehead atoms. The molecule has 1 aromatic carbocycles. The topological polar surface area (TPSA) is 30.9 Å². The first kappa shape index (κ1) is 14.6. The van der Waals surface area contributed by atoms with Crippen LogP contribution in [-0.2, 0) is 13.0 Å². The maximum absolute atomic E-state index is 6.04. The summed E-state index contributed by atoms with van der Waals surface area (Å²) in [4.78, 5) is 1.27. The van der Waals surface area contributed by atoms with Gasteiger partial charge < -0.3 is 10.3 Å². The fourth-order valence-corrected chi connectivity index (χ4v) is 3.65. The van der Waals surface area contributed by atoms with Gasteiger partial charge in [0.1, 0.15) is 0 Å². The van der Waals surface area contributed by atoms with E-state index in [1.165, 1.54) is 21.3 Å². The summed E-state index contributed by atoms with van der Waals surface area (Å²) in [6.45, 7) is 3.00. The Morgan fingerprint density at radius 1 is 1.24 bits per heavy atom. The van der Waals surface area contributed by atoms with Gasteiger partial charge in [0, 0.05) is 22.6 Å². The Morgan fingerprint density at radius 3 is 2.81 bits per heavy atom. The summed E-state index contributed by atoms with van der Waals surface area (Å²) in [5, 5.41) is 1.28. The first-order valence-corrected chi connectivity index (χ1v) is 8.42. The van der Waals surface area contributed by atoms with Gasteiger partial charge in [0.2, 0.25) is 0 Å². The van der Waals surface area contributed by atoms with E-state index in [9.17, 15) is 0 Å². The maximum Gasteiger partial charge on any atom is 0.0931 e. The lowest BCUT2D eigenvalue weighted by atomic mass is 10.0. The van der Waals surface area contributed by atoms with Gasteiger partial charge in [-0.25, -0.2) is 0 Å². The third kappa shape index (κ3) is 3.31. The molecule has 2 N–H and O–H groups in total. The van der Waals surface area contributed by atoms with E-state index >= 15 is 0 Å². The van der Waals surface area contributed by atoms with Crippen molar-refractivity contribution in [1.82, 2.24) is 4.57 Å². The number of nitrogens with two attached hydrogens (primary N) is 1. The fraction of sp³-hybridized carbons (Fsp3) is 0.294. The second kappa shape index (κ2) is 6.22. The molecule has 21 heavy (non-hydrogen) atoms. The van der Waals surface area contributed by atoms with E-state index in [4.69, 9.17) is 17.3 Å². The van der Waals surface area contributed by atoms with Crippen molar-refractivity contribution in [3.8, 4) is 0 Å². The molecule has 0 radical (unpaired) electrons. The van der Waals surface area contributed by atoms with Gasteiger partial charge in [-0.3, -0.25) is 0 Å². The van der Waals surface area contributed by atoms with Crippen molar-refractivity contribution in [3.63, 3.8) is 0 Å². The fourth-order valence-electron chi connectivity index (χ4n) is 2.57. The molecule has 1 unspecified atom stereocenters. The summed E-state index contributed by atoms with van der Waals surface area (Å²) in [5.74, 6) is 0. The van der Waals surface area contributed by atoms with Crippen LogP contribution >= 0.6 is 22.9 Å². The van der Waals surface area contributed by atoms with Crippen molar-refractivity contribution >= 4 is 33.8 Å². The molecule has 0 saturated carbocycles. The Hall–Kier alpha value is -1.29. The Morgan fingerprint density at radius 2 is 2.10 bits per heavy atom. The second-order valence-corrected chi connectivity index (χ2v) is 7.21. The van der Waals surface area contributed by atoms with Crippen LogP contribution in [0.4, 0.5) is 0 Å². The van der Waals surface area contributed by atoms with Crippen LogP contribution in [-0.4, -0.2) is 10.6 Å². The van der Waals surface area contributed by atoms with E-state index in [-0.39, 0.29) is 6.04 Å². The van der Waals surface area contributed by atoms with Gasteiger partial charge in [-0.2, -0.15) is 0 Å². The Bertz CT molecular complexity index is 744. The van der Waals surface area contributed by atoms with E-state index in [0.717, 1.165) is 23.7 Å². The lowest BCUT2D eigenvalue weighted by molar-refractivity contribution is 0.647. The molecule has 0 amide bonds. The first-order chi connectivity index (χ1) is 10.2. The number of benzene rings is 1.